The molecule has 0 aliphatic carbocycles. The summed E-state index contributed by atoms with van der Waals surface area (Å²) in [5, 5.41) is 0. The van der Waals surface area contributed by atoms with Crippen LogP contribution in [0.1, 0.15) is 24.1 Å². The number of fused-ring (bicyclic) bond motifs is 1. The standard InChI is InChI=1S/C22H16BrFN2O3S/c1-12-18(21(28)29-2)19(14-5-7-15(23)8-6-14)26-20(27)17(30-22(26)25-12)11-13-3-9-16(24)10-4-13/h3-11,19H,1-2H3. The zero-order valence-electron chi connectivity index (χ0n) is 16.1. The average Bonchev–Trinajstić information content (AvgIpc) is 3.03. The number of carbonyl (C=O) groups is 1. The summed E-state index contributed by atoms with van der Waals surface area (Å²) >= 11 is 4.64. The summed E-state index contributed by atoms with van der Waals surface area (Å²) in [7, 11) is 1.31. The van der Waals surface area contributed by atoms with Crippen molar-refractivity contribution in [3.05, 3.63) is 101 Å². The summed E-state index contributed by atoms with van der Waals surface area (Å²) in [6, 6.07) is 12.6. The predicted octanol–water partition coefficient (Wildman–Crippen LogP) is 3.31. The molecule has 1 aliphatic heterocycles. The molecule has 0 saturated heterocycles. The fourth-order valence-corrected chi connectivity index (χ4v) is 4.67. The highest BCUT2D eigenvalue weighted by atomic mass is 79.9. The maximum atomic E-state index is 13.3. The Morgan fingerprint density at radius 3 is 2.50 bits per heavy atom. The number of nitrogens with zero attached hydrogens (tertiary/aromatic N) is 2. The quantitative estimate of drug-likeness (QED) is 0.533. The van der Waals surface area contributed by atoms with Crippen molar-refractivity contribution >= 4 is 39.3 Å². The van der Waals surface area contributed by atoms with Crippen molar-refractivity contribution in [3.63, 3.8) is 0 Å². The van der Waals surface area contributed by atoms with Gasteiger partial charge in [0.1, 0.15) is 5.82 Å². The van der Waals surface area contributed by atoms with Gasteiger partial charge in [-0.1, -0.05) is 51.5 Å². The molecule has 1 aromatic heterocycles. The Hall–Kier alpha value is -2.84. The number of esters is 1. The molecule has 0 saturated carbocycles. The Labute approximate surface area is 183 Å². The van der Waals surface area contributed by atoms with Crippen LogP contribution in [-0.2, 0) is 9.53 Å². The van der Waals surface area contributed by atoms with Crippen LogP contribution in [0.2, 0.25) is 0 Å². The molecule has 0 fully saturated rings. The van der Waals surface area contributed by atoms with Crippen LogP contribution in [0.25, 0.3) is 6.08 Å². The molecular weight excluding hydrogens is 471 g/mol. The Morgan fingerprint density at radius 2 is 1.87 bits per heavy atom. The number of hydrogen-bond donors (Lipinski definition) is 0. The van der Waals surface area contributed by atoms with Crippen molar-refractivity contribution < 1.29 is 13.9 Å². The van der Waals surface area contributed by atoms with Crippen LogP contribution in [0.15, 0.2) is 74.1 Å². The maximum Gasteiger partial charge on any atom is 0.338 e. The van der Waals surface area contributed by atoms with E-state index >= 15 is 0 Å². The number of halogens is 2. The van der Waals surface area contributed by atoms with E-state index in [9.17, 15) is 14.0 Å². The van der Waals surface area contributed by atoms with Gasteiger partial charge in [0.2, 0.25) is 0 Å². The molecule has 1 aliphatic rings. The molecule has 1 unspecified atom stereocenters. The lowest BCUT2D eigenvalue weighted by Gasteiger charge is -2.24. The summed E-state index contributed by atoms with van der Waals surface area (Å²) < 4.78 is 21.0. The Balaban J connectivity index is 1.96. The SMILES string of the molecule is COC(=O)C1=C(C)N=c2sc(=Cc3ccc(F)cc3)c(=O)n2C1c1ccc(Br)cc1. The minimum atomic E-state index is -0.655. The fraction of sp³-hybridized carbons (Fsp3) is 0.136. The van der Waals surface area contributed by atoms with Crippen LogP contribution in [0, 0.1) is 5.82 Å². The summed E-state index contributed by atoms with van der Waals surface area (Å²) in [6.45, 7) is 1.73. The fourth-order valence-electron chi connectivity index (χ4n) is 3.36. The molecule has 2 heterocycles. The second-order valence-electron chi connectivity index (χ2n) is 6.68. The third-order valence-corrected chi connectivity index (χ3v) is 6.29. The minimum absolute atomic E-state index is 0.273. The van der Waals surface area contributed by atoms with E-state index < -0.39 is 12.0 Å². The van der Waals surface area contributed by atoms with E-state index in [2.05, 4.69) is 20.9 Å². The summed E-state index contributed by atoms with van der Waals surface area (Å²) in [5.41, 5.74) is 2.02. The van der Waals surface area contributed by atoms with Gasteiger partial charge in [-0.2, -0.15) is 0 Å². The van der Waals surface area contributed by atoms with Gasteiger partial charge in [-0.05, 0) is 48.4 Å². The predicted molar refractivity (Wildman–Crippen MR) is 116 cm³/mol. The van der Waals surface area contributed by atoms with Crippen LogP contribution >= 0.6 is 27.3 Å². The molecule has 4 rings (SSSR count). The number of benzene rings is 2. The third-order valence-electron chi connectivity index (χ3n) is 4.78. The van der Waals surface area contributed by atoms with E-state index in [4.69, 9.17) is 4.74 Å². The Bertz CT molecular complexity index is 1340. The lowest BCUT2D eigenvalue weighted by atomic mass is 9.96. The van der Waals surface area contributed by atoms with Crippen LogP contribution in [-0.4, -0.2) is 17.6 Å². The molecule has 0 bridgehead atoms. The topological polar surface area (TPSA) is 60.7 Å². The molecule has 8 heteroatoms. The normalized spacial score (nSPS) is 16.3. The number of ether oxygens (including phenoxy) is 1. The van der Waals surface area contributed by atoms with E-state index in [0.29, 0.717) is 26.2 Å². The van der Waals surface area contributed by atoms with Gasteiger partial charge in [0, 0.05) is 4.47 Å². The first-order chi connectivity index (χ1) is 14.4. The zero-order valence-corrected chi connectivity index (χ0v) is 18.5. The summed E-state index contributed by atoms with van der Waals surface area (Å²) in [4.78, 5) is 30.9. The summed E-state index contributed by atoms with van der Waals surface area (Å²) in [5.74, 6) is -0.876. The molecule has 0 amide bonds. The van der Waals surface area contributed by atoms with Crippen LogP contribution in [0.3, 0.4) is 0 Å². The van der Waals surface area contributed by atoms with Crippen LogP contribution in [0.5, 0.6) is 0 Å². The van der Waals surface area contributed by atoms with Gasteiger partial charge >= 0.3 is 5.97 Å². The van der Waals surface area contributed by atoms with Gasteiger partial charge in [-0.15, -0.1) is 0 Å². The molecule has 3 aromatic rings. The van der Waals surface area contributed by atoms with Crippen molar-refractivity contribution in [1.82, 2.24) is 4.57 Å². The number of rotatable bonds is 3. The van der Waals surface area contributed by atoms with E-state index in [1.165, 1.54) is 35.1 Å². The summed E-state index contributed by atoms with van der Waals surface area (Å²) in [6.07, 6.45) is 1.69. The first kappa shape index (κ1) is 20.4. The molecular formula is C22H16BrFN2O3S. The van der Waals surface area contributed by atoms with E-state index in [1.54, 1.807) is 25.1 Å². The number of hydrogen-bond acceptors (Lipinski definition) is 5. The lowest BCUT2D eigenvalue weighted by Crippen LogP contribution is -2.39. The number of allylic oxidation sites excluding steroid dienone is 1. The van der Waals surface area contributed by atoms with Gasteiger partial charge < -0.3 is 4.74 Å². The average molecular weight is 487 g/mol. The van der Waals surface area contributed by atoms with Crippen molar-refractivity contribution in [2.45, 2.75) is 13.0 Å². The van der Waals surface area contributed by atoms with Crippen molar-refractivity contribution in [1.29, 1.82) is 0 Å². The molecule has 0 N–H and O–H groups in total. The molecule has 5 nitrogen and oxygen atoms in total. The number of methoxy groups -OCH3 is 1. The molecule has 152 valence electrons. The van der Waals surface area contributed by atoms with Crippen molar-refractivity contribution in [2.24, 2.45) is 4.99 Å². The van der Waals surface area contributed by atoms with Crippen LogP contribution < -0.4 is 14.9 Å². The molecule has 1 atom stereocenters. The van der Waals surface area contributed by atoms with Crippen molar-refractivity contribution in [2.75, 3.05) is 7.11 Å². The highest BCUT2D eigenvalue weighted by Crippen LogP contribution is 2.31. The Kier molecular flexibility index (Phi) is 5.53. The van der Waals surface area contributed by atoms with Gasteiger partial charge in [-0.25, -0.2) is 14.2 Å². The van der Waals surface area contributed by atoms with Gasteiger partial charge in [0.25, 0.3) is 5.56 Å². The number of thiazole rings is 1. The highest BCUT2D eigenvalue weighted by Gasteiger charge is 2.32. The molecule has 0 spiro atoms. The van der Waals surface area contributed by atoms with E-state index in [0.717, 1.165) is 10.0 Å². The molecule has 30 heavy (non-hydrogen) atoms. The third kappa shape index (κ3) is 3.68. The number of aromatic nitrogens is 1. The van der Waals surface area contributed by atoms with Gasteiger partial charge in [-0.3, -0.25) is 9.36 Å². The van der Waals surface area contributed by atoms with Crippen LogP contribution in [0.4, 0.5) is 4.39 Å². The second kappa shape index (κ2) is 8.12. The lowest BCUT2D eigenvalue weighted by molar-refractivity contribution is -0.136. The smallest absolute Gasteiger partial charge is 0.338 e. The second-order valence-corrected chi connectivity index (χ2v) is 8.60. The highest BCUT2D eigenvalue weighted by molar-refractivity contribution is 9.10. The van der Waals surface area contributed by atoms with E-state index in [-0.39, 0.29) is 11.4 Å². The monoisotopic (exact) mass is 486 g/mol. The zero-order chi connectivity index (χ0) is 21.4. The van der Waals surface area contributed by atoms with E-state index in [1.807, 2.05) is 24.3 Å². The van der Waals surface area contributed by atoms with Gasteiger partial charge in [0.05, 0.1) is 29.0 Å². The Morgan fingerprint density at radius 1 is 1.20 bits per heavy atom. The number of carbonyl (C=O) groups excluding carboxylic acids is 1. The minimum Gasteiger partial charge on any atom is -0.466 e. The first-order valence-electron chi connectivity index (χ1n) is 9.01. The largest absolute Gasteiger partial charge is 0.466 e. The molecule has 0 radical (unpaired) electrons. The maximum absolute atomic E-state index is 13.3. The van der Waals surface area contributed by atoms with Crippen molar-refractivity contribution in [3.8, 4) is 0 Å². The molecule has 2 aromatic carbocycles. The first-order valence-corrected chi connectivity index (χ1v) is 10.6. The van der Waals surface area contributed by atoms with Gasteiger partial charge in [0.15, 0.2) is 4.80 Å².